The third-order valence-electron chi connectivity index (χ3n) is 3.83. The molecule has 110 valence electrons. The van der Waals surface area contributed by atoms with Crippen molar-refractivity contribution in [3.05, 3.63) is 23.8 Å². The number of amides is 1. The summed E-state index contributed by atoms with van der Waals surface area (Å²) in [6.07, 6.45) is 3.39. The molecule has 1 aromatic rings. The largest absolute Gasteiger partial charge is 0.339 e. The Balaban J connectivity index is 1.95. The average molecular weight is 277 g/mol. The van der Waals surface area contributed by atoms with Crippen molar-refractivity contribution < 1.29 is 4.79 Å². The molecule has 2 heterocycles. The zero-order valence-corrected chi connectivity index (χ0v) is 12.5. The Morgan fingerprint density at radius 3 is 2.70 bits per heavy atom. The van der Waals surface area contributed by atoms with Gasteiger partial charge in [-0.2, -0.15) is 0 Å². The van der Waals surface area contributed by atoms with Gasteiger partial charge in [0.05, 0.1) is 24.0 Å². The van der Waals surface area contributed by atoms with Crippen LogP contribution >= 0.6 is 0 Å². The molecule has 1 aromatic heterocycles. The second-order valence-corrected chi connectivity index (χ2v) is 5.25. The van der Waals surface area contributed by atoms with E-state index in [9.17, 15) is 4.79 Å². The first-order chi connectivity index (χ1) is 9.59. The number of hydrogen-bond acceptors (Lipinski definition) is 5. The Kier molecular flexibility index (Phi) is 5.03. The Morgan fingerprint density at radius 2 is 2.05 bits per heavy atom. The quantitative estimate of drug-likeness (QED) is 0.852. The minimum atomic E-state index is 0.0792. The lowest BCUT2D eigenvalue weighted by molar-refractivity contribution is -0.133. The molecule has 2 rings (SSSR count). The van der Waals surface area contributed by atoms with Crippen LogP contribution in [-0.2, 0) is 4.79 Å². The van der Waals surface area contributed by atoms with Gasteiger partial charge in [0.15, 0.2) is 0 Å². The third-order valence-corrected chi connectivity index (χ3v) is 3.83. The van der Waals surface area contributed by atoms with Crippen molar-refractivity contribution in [2.75, 3.05) is 39.8 Å². The molecule has 1 amide bonds. The molecule has 0 radical (unpaired) electrons. The first-order valence-electron chi connectivity index (χ1n) is 7.06. The van der Waals surface area contributed by atoms with Gasteiger partial charge in [-0.25, -0.2) is 0 Å². The van der Waals surface area contributed by atoms with Crippen molar-refractivity contribution in [3.63, 3.8) is 0 Å². The molecule has 1 saturated heterocycles. The number of carbonyl (C=O) groups excluding carboxylic acids is 1. The fraction of sp³-hybridized carbons (Fsp3) is 0.643. The van der Waals surface area contributed by atoms with E-state index in [1.807, 2.05) is 23.8 Å². The summed E-state index contributed by atoms with van der Waals surface area (Å²) in [5.41, 5.74) is 1.85. The van der Waals surface area contributed by atoms with Crippen LogP contribution in [0, 0.1) is 6.92 Å². The molecule has 0 aromatic carbocycles. The molecule has 1 fully saturated rings. The van der Waals surface area contributed by atoms with E-state index in [4.69, 9.17) is 0 Å². The molecule has 0 aliphatic carbocycles. The summed E-state index contributed by atoms with van der Waals surface area (Å²) in [6, 6.07) is 0.0792. The average Bonchev–Trinajstić information content (AvgIpc) is 2.48. The van der Waals surface area contributed by atoms with Crippen molar-refractivity contribution in [2.24, 2.45) is 0 Å². The molecule has 0 spiro atoms. The second kappa shape index (κ2) is 6.76. The predicted octanol–water partition coefficient (Wildman–Crippen LogP) is 0.210. The van der Waals surface area contributed by atoms with Gasteiger partial charge in [0.2, 0.25) is 5.91 Å². The first-order valence-corrected chi connectivity index (χ1v) is 7.06. The Morgan fingerprint density at radius 1 is 1.40 bits per heavy atom. The molecule has 1 unspecified atom stereocenters. The number of aryl methyl sites for hydroxylation is 1. The number of piperazine rings is 1. The molecule has 1 atom stereocenters. The monoisotopic (exact) mass is 277 g/mol. The summed E-state index contributed by atoms with van der Waals surface area (Å²) >= 11 is 0. The number of nitrogens with one attached hydrogen (secondary N) is 1. The standard InChI is InChI=1S/C14H23N5O/c1-11-14(17-5-4-16-11)12(2)18(3)10-13(20)19-8-6-15-7-9-19/h4-5,12,15H,6-10H2,1-3H3. The van der Waals surface area contributed by atoms with Gasteiger partial charge < -0.3 is 10.2 Å². The number of hydrogen-bond donors (Lipinski definition) is 1. The van der Waals surface area contributed by atoms with E-state index >= 15 is 0 Å². The highest BCUT2D eigenvalue weighted by molar-refractivity contribution is 5.78. The van der Waals surface area contributed by atoms with Crippen LogP contribution < -0.4 is 5.32 Å². The summed E-state index contributed by atoms with van der Waals surface area (Å²) in [7, 11) is 1.96. The molecule has 0 bridgehead atoms. The number of rotatable bonds is 4. The lowest BCUT2D eigenvalue weighted by Crippen LogP contribution is -2.49. The second-order valence-electron chi connectivity index (χ2n) is 5.25. The van der Waals surface area contributed by atoms with Gasteiger partial charge in [-0.1, -0.05) is 0 Å². The van der Waals surface area contributed by atoms with Crippen LogP contribution in [0.15, 0.2) is 12.4 Å². The molecule has 20 heavy (non-hydrogen) atoms. The van der Waals surface area contributed by atoms with Gasteiger partial charge in [-0.3, -0.25) is 19.7 Å². The minimum Gasteiger partial charge on any atom is -0.339 e. The van der Waals surface area contributed by atoms with Crippen molar-refractivity contribution in [1.82, 2.24) is 25.1 Å². The molecule has 1 N–H and O–H groups in total. The van der Waals surface area contributed by atoms with Crippen molar-refractivity contribution in [2.45, 2.75) is 19.9 Å². The van der Waals surface area contributed by atoms with Crippen LogP contribution in [-0.4, -0.2) is 65.4 Å². The zero-order chi connectivity index (χ0) is 14.5. The minimum absolute atomic E-state index is 0.0792. The molecule has 1 aliphatic heterocycles. The maximum Gasteiger partial charge on any atom is 0.236 e. The topological polar surface area (TPSA) is 61.4 Å². The first kappa shape index (κ1) is 14.9. The molecule has 6 heteroatoms. The SMILES string of the molecule is Cc1nccnc1C(C)N(C)CC(=O)N1CCNCC1. The van der Waals surface area contributed by atoms with E-state index in [0.29, 0.717) is 6.54 Å². The van der Waals surface area contributed by atoms with Gasteiger partial charge in [0.1, 0.15) is 0 Å². The Labute approximate surface area is 120 Å². The smallest absolute Gasteiger partial charge is 0.236 e. The molecule has 0 saturated carbocycles. The van der Waals surface area contributed by atoms with Crippen LogP contribution in [0.3, 0.4) is 0 Å². The summed E-state index contributed by atoms with van der Waals surface area (Å²) in [5, 5.41) is 3.25. The highest BCUT2D eigenvalue weighted by atomic mass is 16.2. The van der Waals surface area contributed by atoms with Gasteiger partial charge in [-0.15, -0.1) is 0 Å². The summed E-state index contributed by atoms with van der Waals surface area (Å²) in [4.78, 5) is 24.8. The van der Waals surface area contributed by atoms with Gasteiger partial charge >= 0.3 is 0 Å². The van der Waals surface area contributed by atoms with Crippen LogP contribution in [0.2, 0.25) is 0 Å². The Hall–Kier alpha value is -1.53. The van der Waals surface area contributed by atoms with E-state index in [0.717, 1.165) is 37.6 Å². The van der Waals surface area contributed by atoms with E-state index in [-0.39, 0.29) is 11.9 Å². The normalized spacial score (nSPS) is 17.3. The van der Waals surface area contributed by atoms with Crippen LogP contribution in [0.5, 0.6) is 0 Å². The van der Waals surface area contributed by atoms with E-state index in [2.05, 4.69) is 22.2 Å². The van der Waals surface area contributed by atoms with Crippen LogP contribution in [0.4, 0.5) is 0 Å². The van der Waals surface area contributed by atoms with Crippen LogP contribution in [0.25, 0.3) is 0 Å². The van der Waals surface area contributed by atoms with Gasteiger partial charge in [0, 0.05) is 38.6 Å². The van der Waals surface area contributed by atoms with Crippen molar-refractivity contribution in [1.29, 1.82) is 0 Å². The highest BCUT2D eigenvalue weighted by Gasteiger charge is 2.22. The van der Waals surface area contributed by atoms with Gasteiger partial charge in [-0.05, 0) is 20.9 Å². The number of carbonyl (C=O) groups is 1. The zero-order valence-electron chi connectivity index (χ0n) is 12.5. The predicted molar refractivity (Wildman–Crippen MR) is 77.3 cm³/mol. The Bertz CT molecular complexity index is 459. The molecular weight excluding hydrogens is 254 g/mol. The molecule has 6 nitrogen and oxygen atoms in total. The van der Waals surface area contributed by atoms with E-state index < -0.39 is 0 Å². The summed E-state index contributed by atoms with van der Waals surface area (Å²) < 4.78 is 0. The fourth-order valence-corrected chi connectivity index (χ4v) is 2.40. The van der Waals surface area contributed by atoms with Crippen molar-refractivity contribution in [3.8, 4) is 0 Å². The number of nitrogens with zero attached hydrogens (tertiary/aromatic N) is 4. The van der Waals surface area contributed by atoms with Crippen LogP contribution in [0.1, 0.15) is 24.4 Å². The maximum atomic E-state index is 12.2. The van der Waals surface area contributed by atoms with Gasteiger partial charge in [0.25, 0.3) is 0 Å². The number of aromatic nitrogens is 2. The third kappa shape index (κ3) is 3.52. The lowest BCUT2D eigenvalue weighted by atomic mass is 10.1. The van der Waals surface area contributed by atoms with E-state index in [1.165, 1.54) is 0 Å². The fourth-order valence-electron chi connectivity index (χ4n) is 2.40. The molecule has 1 aliphatic rings. The van der Waals surface area contributed by atoms with Crippen molar-refractivity contribution >= 4 is 5.91 Å². The maximum absolute atomic E-state index is 12.2. The summed E-state index contributed by atoms with van der Waals surface area (Å²) in [6.45, 7) is 7.78. The number of likely N-dealkylation sites (N-methyl/N-ethyl adjacent to an activating group) is 1. The summed E-state index contributed by atoms with van der Waals surface area (Å²) in [5.74, 6) is 0.183. The van der Waals surface area contributed by atoms with E-state index in [1.54, 1.807) is 12.4 Å². The lowest BCUT2D eigenvalue weighted by Gasteiger charge is -2.31. The molecular formula is C14H23N5O. The highest BCUT2D eigenvalue weighted by Crippen LogP contribution is 2.18.